The second-order valence-electron chi connectivity index (χ2n) is 6.37. The lowest BCUT2D eigenvalue weighted by molar-refractivity contribution is 0.0995. The lowest BCUT2D eigenvalue weighted by Gasteiger charge is -2.11. The molecule has 0 aliphatic rings. The van der Waals surface area contributed by atoms with Gasteiger partial charge in [-0.25, -0.2) is 8.42 Å². The first kappa shape index (κ1) is 20.2. The number of carbonyl (C=O) groups excluding carboxylic acids is 2. The van der Waals surface area contributed by atoms with Crippen molar-refractivity contribution >= 4 is 38.9 Å². The van der Waals surface area contributed by atoms with Crippen LogP contribution in [0, 0.1) is 6.92 Å². The third-order valence-corrected chi connectivity index (χ3v) is 4.53. The molecule has 3 rings (SSSR count). The quantitative estimate of drug-likeness (QED) is 0.572. The van der Waals surface area contributed by atoms with E-state index in [2.05, 4.69) is 15.4 Å². The summed E-state index contributed by atoms with van der Waals surface area (Å²) in [5.41, 5.74) is 2.45. The van der Waals surface area contributed by atoms with Gasteiger partial charge in [0.1, 0.15) is 0 Å². The van der Waals surface area contributed by atoms with Crippen LogP contribution < -0.4 is 15.4 Å². The molecule has 0 bridgehead atoms. The van der Waals surface area contributed by atoms with E-state index < -0.39 is 15.9 Å². The maximum Gasteiger partial charge on any atom is 0.291 e. The molecule has 3 aromatic rings. The number of anilines is 3. The van der Waals surface area contributed by atoms with E-state index in [1.807, 2.05) is 0 Å². The largest absolute Gasteiger partial charge is 0.459 e. The second-order valence-corrected chi connectivity index (χ2v) is 8.12. The van der Waals surface area contributed by atoms with E-state index in [9.17, 15) is 18.0 Å². The molecule has 3 N–H and O–H groups in total. The first-order chi connectivity index (χ1) is 13.7. The summed E-state index contributed by atoms with van der Waals surface area (Å²) in [5.74, 6) is -0.578. The van der Waals surface area contributed by atoms with E-state index in [1.54, 1.807) is 61.5 Å². The zero-order chi connectivity index (χ0) is 21.0. The summed E-state index contributed by atoms with van der Waals surface area (Å²) in [5, 5.41) is 5.38. The van der Waals surface area contributed by atoms with Crippen molar-refractivity contribution in [1.29, 1.82) is 0 Å². The van der Waals surface area contributed by atoms with Crippen LogP contribution >= 0.6 is 0 Å². The number of furan rings is 1. The highest BCUT2D eigenvalue weighted by Crippen LogP contribution is 2.22. The normalized spacial score (nSPS) is 11.0. The van der Waals surface area contributed by atoms with E-state index in [-0.39, 0.29) is 11.7 Å². The molecular weight excluding hydrogens is 394 g/mol. The lowest BCUT2D eigenvalue weighted by atomic mass is 10.1. The number of hydrogen-bond donors (Lipinski definition) is 3. The topological polar surface area (TPSA) is 118 Å². The summed E-state index contributed by atoms with van der Waals surface area (Å²) in [6, 6.07) is 14.4. The maximum atomic E-state index is 12.5. The molecule has 2 aromatic carbocycles. The lowest BCUT2D eigenvalue weighted by Crippen LogP contribution is -2.14. The van der Waals surface area contributed by atoms with Crippen LogP contribution in [0.2, 0.25) is 0 Å². The average molecular weight is 413 g/mol. The predicted molar refractivity (Wildman–Crippen MR) is 111 cm³/mol. The molecule has 0 aliphatic carbocycles. The van der Waals surface area contributed by atoms with E-state index in [1.165, 1.54) is 6.26 Å². The van der Waals surface area contributed by atoms with E-state index in [0.717, 1.165) is 11.8 Å². The first-order valence-electron chi connectivity index (χ1n) is 8.56. The van der Waals surface area contributed by atoms with Gasteiger partial charge in [0, 0.05) is 16.9 Å². The van der Waals surface area contributed by atoms with Gasteiger partial charge in [-0.2, -0.15) is 0 Å². The van der Waals surface area contributed by atoms with Crippen LogP contribution in [-0.4, -0.2) is 26.5 Å². The molecule has 0 fully saturated rings. The molecular formula is C20H19N3O5S. The van der Waals surface area contributed by atoms with Crippen molar-refractivity contribution < 1.29 is 22.4 Å². The highest BCUT2D eigenvalue weighted by atomic mass is 32.2. The standard InChI is InChI=1S/C20H19N3O5S/c1-13-5-8-16(12-17(13)23-29(2,26)27)22-19(24)14-6-9-15(10-7-14)21-20(25)18-4-3-11-28-18/h3-12,23H,1-2H3,(H,21,25)(H,22,24). The third-order valence-electron chi connectivity index (χ3n) is 3.94. The van der Waals surface area contributed by atoms with Gasteiger partial charge in [-0.1, -0.05) is 6.07 Å². The van der Waals surface area contributed by atoms with Crippen LogP contribution in [0.4, 0.5) is 17.1 Å². The number of aryl methyl sites for hydroxylation is 1. The number of rotatable bonds is 6. The minimum absolute atomic E-state index is 0.185. The molecule has 0 saturated carbocycles. The Hall–Kier alpha value is -3.59. The Morgan fingerprint density at radius 1 is 0.897 bits per heavy atom. The zero-order valence-electron chi connectivity index (χ0n) is 15.7. The van der Waals surface area contributed by atoms with Crippen molar-refractivity contribution in [3.63, 3.8) is 0 Å². The number of hydrogen-bond acceptors (Lipinski definition) is 5. The molecule has 0 unspecified atom stereocenters. The Labute approximate surface area is 168 Å². The highest BCUT2D eigenvalue weighted by Gasteiger charge is 2.11. The van der Waals surface area contributed by atoms with Crippen LogP contribution in [0.15, 0.2) is 65.3 Å². The van der Waals surface area contributed by atoms with Crippen LogP contribution in [0.3, 0.4) is 0 Å². The predicted octanol–water partition coefficient (Wildman–Crippen LogP) is 3.46. The van der Waals surface area contributed by atoms with Crippen molar-refractivity contribution in [2.24, 2.45) is 0 Å². The molecule has 0 spiro atoms. The van der Waals surface area contributed by atoms with Gasteiger partial charge < -0.3 is 15.1 Å². The molecule has 1 aromatic heterocycles. The molecule has 8 nitrogen and oxygen atoms in total. The Morgan fingerprint density at radius 2 is 1.55 bits per heavy atom. The number of benzene rings is 2. The number of amides is 2. The van der Waals surface area contributed by atoms with Crippen LogP contribution in [0.5, 0.6) is 0 Å². The van der Waals surface area contributed by atoms with Gasteiger partial charge in [-0.15, -0.1) is 0 Å². The molecule has 0 atom stereocenters. The summed E-state index contributed by atoms with van der Waals surface area (Å²) in [6.07, 6.45) is 2.47. The first-order valence-corrected chi connectivity index (χ1v) is 10.4. The Balaban J connectivity index is 1.68. The molecule has 2 amide bonds. The Morgan fingerprint density at radius 3 is 2.17 bits per heavy atom. The summed E-state index contributed by atoms with van der Waals surface area (Å²) in [4.78, 5) is 24.4. The summed E-state index contributed by atoms with van der Waals surface area (Å²) in [6.45, 7) is 1.76. The SMILES string of the molecule is Cc1ccc(NC(=O)c2ccc(NC(=O)c3ccco3)cc2)cc1NS(C)(=O)=O. The third kappa shape index (κ3) is 5.45. The smallest absolute Gasteiger partial charge is 0.291 e. The van der Waals surface area contributed by atoms with Gasteiger partial charge in [0.2, 0.25) is 10.0 Å². The summed E-state index contributed by atoms with van der Waals surface area (Å²) >= 11 is 0. The maximum absolute atomic E-state index is 12.5. The monoisotopic (exact) mass is 413 g/mol. The molecule has 1 heterocycles. The van der Waals surface area contributed by atoms with E-state index in [0.29, 0.717) is 22.6 Å². The van der Waals surface area contributed by atoms with Crippen molar-refractivity contribution in [1.82, 2.24) is 0 Å². The summed E-state index contributed by atoms with van der Waals surface area (Å²) in [7, 11) is -3.43. The van der Waals surface area contributed by atoms with E-state index in [4.69, 9.17) is 4.42 Å². The van der Waals surface area contributed by atoms with Gasteiger partial charge in [-0.3, -0.25) is 14.3 Å². The molecule has 0 saturated heterocycles. The highest BCUT2D eigenvalue weighted by molar-refractivity contribution is 7.92. The number of nitrogens with one attached hydrogen (secondary N) is 3. The number of carbonyl (C=O) groups is 2. The fourth-order valence-electron chi connectivity index (χ4n) is 2.52. The van der Waals surface area contributed by atoms with Crippen molar-refractivity contribution in [2.75, 3.05) is 21.6 Å². The van der Waals surface area contributed by atoms with Crippen LogP contribution in [-0.2, 0) is 10.0 Å². The molecule has 29 heavy (non-hydrogen) atoms. The van der Waals surface area contributed by atoms with Gasteiger partial charge in [-0.05, 0) is 61.0 Å². The number of sulfonamides is 1. The molecule has 150 valence electrons. The minimum Gasteiger partial charge on any atom is -0.459 e. The molecule has 0 aliphatic heterocycles. The van der Waals surface area contributed by atoms with Gasteiger partial charge >= 0.3 is 0 Å². The Kier molecular flexibility index (Phi) is 5.69. The minimum atomic E-state index is -3.43. The van der Waals surface area contributed by atoms with Crippen molar-refractivity contribution in [2.45, 2.75) is 6.92 Å². The van der Waals surface area contributed by atoms with Gasteiger partial charge in [0.25, 0.3) is 11.8 Å². The van der Waals surface area contributed by atoms with Crippen LogP contribution in [0.1, 0.15) is 26.5 Å². The van der Waals surface area contributed by atoms with Gasteiger partial charge in [0.05, 0.1) is 18.2 Å². The zero-order valence-corrected chi connectivity index (χ0v) is 16.5. The van der Waals surface area contributed by atoms with Crippen molar-refractivity contribution in [3.8, 4) is 0 Å². The second kappa shape index (κ2) is 8.19. The molecule has 0 radical (unpaired) electrons. The Bertz CT molecular complexity index is 1140. The fourth-order valence-corrected chi connectivity index (χ4v) is 3.14. The fraction of sp³-hybridized carbons (Fsp3) is 0.100. The van der Waals surface area contributed by atoms with Gasteiger partial charge in [0.15, 0.2) is 5.76 Å². The summed E-state index contributed by atoms with van der Waals surface area (Å²) < 4.78 is 30.4. The van der Waals surface area contributed by atoms with Crippen molar-refractivity contribution in [3.05, 3.63) is 77.7 Å². The van der Waals surface area contributed by atoms with E-state index >= 15 is 0 Å². The average Bonchev–Trinajstić information content (AvgIpc) is 3.19. The van der Waals surface area contributed by atoms with Crippen LogP contribution in [0.25, 0.3) is 0 Å². The molecule has 9 heteroatoms.